The number of hydrogen-bond donors (Lipinski definition) is 3. The zero-order chi connectivity index (χ0) is 18.6. The van der Waals surface area contributed by atoms with Crippen molar-refractivity contribution in [1.82, 2.24) is 10.3 Å². The van der Waals surface area contributed by atoms with Gasteiger partial charge in [0.1, 0.15) is 0 Å². The van der Waals surface area contributed by atoms with Crippen molar-refractivity contribution >= 4 is 48.3 Å². The van der Waals surface area contributed by atoms with Crippen molar-refractivity contribution in [3.05, 3.63) is 54.1 Å². The second-order valence-electron chi connectivity index (χ2n) is 5.62. The van der Waals surface area contributed by atoms with E-state index in [0.717, 1.165) is 21.6 Å². The summed E-state index contributed by atoms with van der Waals surface area (Å²) in [5, 5.41) is 6.78. The van der Waals surface area contributed by atoms with Crippen LogP contribution in [0.3, 0.4) is 0 Å². The number of nitrogens with one attached hydrogen (secondary N) is 3. The summed E-state index contributed by atoms with van der Waals surface area (Å²) in [4.78, 5) is 16.6. The van der Waals surface area contributed by atoms with Crippen LogP contribution >= 0.6 is 11.3 Å². The molecule has 3 rings (SSSR count). The maximum atomic E-state index is 12.2. The topological polar surface area (TPSA) is 100 Å². The molecule has 1 heterocycles. The first kappa shape index (κ1) is 18.2. The van der Waals surface area contributed by atoms with Gasteiger partial charge < -0.3 is 10.6 Å². The highest BCUT2D eigenvalue weighted by molar-refractivity contribution is 7.92. The predicted molar refractivity (Wildman–Crippen MR) is 105 cm³/mol. The van der Waals surface area contributed by atoms with Crippen molar-refractivity contribution in [3.8, 4) is 0 Å². The maximum Gasteiger partial charge on any atom is 0.251 e. The van der Waals surface area contributed by atoms with Crippen LogP contribution < -0.4 is 15.4 Å². The van der Waals surface area contributed by atoms with E-state index in [-0.39, 0.29) is 5.91 Å². The average molecular weight is 390 g/mol. The molecule has 0 atom stereocenters. The van der Waals surface area contributed by atoms with Gasteiger partial charge in [0.2, 0.25) is 10.0 Å². The van der Waals surface area contributed by atoms with Crippen LogP contribution in [0, 0.1) is 0 Å². The average Bonchev–Trinajstić information content (AvgIpc) is 3.00. The van der Waals surface area contributed by atoms with Gasteiger partial charge >= 0.3 is 0 Å². The Kier molecular flexibility index (Phi) is 5.38. The van der Waals surface area contributed by atoms with Crippen LogP contribution in [0.15, 0.2) is 48.5 Å². The molecular formula is C17H18N4O3S2. The summed E-state index contributed by atoms with van der Waals surface area (Å²) < 4.78 is 26.0. The predicted octanol–water partition coefficient (Wildman–Crippen LogP) is 2.51. The number of hydrogen-bond acceptors (Lipinski definition) is 6. The molecule has 0 spiro atoms. The molecule has 0 aliphatic carbocycles. The third-order valence-corrected chi connectivity index (χ3v) is 5.01. The molecule has 136 valence electrons. The minimum Gasteiger partial charge on any atom is -0.360 e. The minimum absolute atomic E-state index is 0.270. The first-order valence-corrected chi connectivity index (χ1v) is 10.6. The number of sulfonamides is 1. The summed E-state index contributed by atoms with van der Waals surface area (Å²) in [6.07, 6.45) is 1.06. The third kappa shape index (κ3) is 4.93. The van der Waals surface area contributed by atoms with Crippen LogP contribution in [0.5, 0.6) is 0 Å². The van der Waals surface area contributed by atoms with Crippen LogP contribution in [-0.4, -0.2) is 38.7 Å². The summed E-state index contributed by atoms with van der Waals surface area (Å²) in [5.41, 5.74) is 1.69. The molecule has 0 aliphatic rings. The second kappa shape index (κ2) is 7.71. The van der Waals surface area contributed by atoms with Crippen molar-refractivity contribution < 1.29 is 13.2 Å². The molecule has 3 aromatic rings. The summed E-state index contributed by atoms with van der Waals surface area (Å²) in [6.45, 7) is 0.950. The first-order chi connectivity index (χ1) is 12.4. The van der Waals surface area contributed by atoms with E-state index in [1.807, 2.05) is 24.3 Å². The van der Waals surface area contributed by atoms with Crippen LogP contribution in [0.1, 0.15) is 10.4 Å². The second-order valence-corrected chi connectivity index (χ2v) is 8.40. The molecule has 0 bridgehead atoms. The summed E-state index contributed by atoms with van der Waals surface area (Å²) in [5.74, 6) is -0.270. The molecule has 9 heteroatoms. The molecule has 0 saturated carbocycles. The van der Waals surface area contributed by atoms with Crippen molar-refractivity contribution in [1.29, 1.82) is 0 Å². The zero-order valence-electron chi connectivity index (χ0n) is 14.0. The number of amides is 1. The van der Waals surface area contributed by atoms with Gasteiger partial charge in [-0.15, -0.1) is 0 Å². The maximum absolute atomic E-state index is 12.2. The number of rotatable bonds is 7. The van der Waals surface area contributed by atoms with Gasteiger partial charge in [0.15, 0.2) is 5.13 Å². The first-order valence-electron chi connectivity index (χ1n) is 7.86. The quantitative estimate of drug-likeness (QED) is 0.538. The number of carbonyl (C=O) groups is 1. The number of fused-ring (bicyclic) bond motifs is 1. The van der Waals surface area contributed by atoms with E-state index in [1.54, 1.807) is 29.5 Å². The smallest absolute Gasteiger partial charge is 0.251 e. The van der Waals surface area contributed by atoms with Crippen molar-refractivity contribution in [2.45, 2.75) is 0 Å². The highest BCUT2D eigenvalue weighted by Gasteiger charge is 2.08. The standard InChI is InChI=1S/C17H18N4O3S2/c1-26(23,24)21-13-6-4-5-12(11-13)16(22)18-9-10-19-17-20-14-7-2-3-8-15(14)25-17/h2-8,11,21H,9-10H2,1H3,(H,18,22)(H,19,20). The molecule has 7 nitrogen and oxygen atoms in total. The lowest BCUT2D eigenvalue weighted by molar-refractivity contribution is 0.0955. The highest BCUT2D eigenvalue weighted by atomic mass is 32.2. The Balaban J connectivity index is 1.51. The summed E-state index contributed by atoms with van der Waals surface area (Å²) in [7, 11) is -3.38. The molecule has 2 aromatic carbocycles. The number of anilines is 2. The number of carbonyl (C=O) groups excluding carboxylic acids is 1. The monoisotopic (exact) mass is 390 g/mol. The van der Waals surface area contributed by atoms with Crippen LogP contribution in [0.2, 0.25) is 0 Å². The van der Waals surface area contributed by atoms with E-state index in [9.17, 15) is 13.2 Å². The molecule has 0 saturated heterocycles. The largest absolute Gasteiger partial charge is 0.360 e. The SMILES string of the molecule is CS(=O)(=O)Nc1cccc(C(=O)NCCNc2nc3ccccc3s2)c1. The zero-order valence-corrected chi connectivity index (χ0v) is 15.7. The van der Waals surface area contributed by atoms with Crippen LogP contribution in [0.4, 0.5) is 10.8 Å². The van der Waals surface area contributed by atoms with Gasteiger partial charge in [0.25, 0.3) is 5.91 Å². The van der Waals surface area contributed by atoms with E-state index in [0.29, 0.717) is 24.3 Å². The molecule has 1 amide bonds. The third-order valence-electron chi connectivity index (χ3n) is 3.41. The Morgan fingerprint density at radius 3 is 2.69 bits per heavy atom. The molecule has 0 fully saturated rings. The number of aromatic nitrogens is 1. The van der Waals surface area contributed by atoms with Gasteiger partial charge in [-0.25, -0.2) is 13.4 Å². The van der Waals surface area contributed by atoms with Crippen LogP contribution in [0.25, 0.3) is 10.2 Å². The Bertz CT molecular complexity index is 998. The molecular weight excluding hydrogens is 372 g/mol. The molecule has 3 N–H and O–H groups in total. The highest BCUT2D eigenvalue weighted by Crippen LogP contribution is 2.24. The van der Waals surface area contributed by atoms with Crippen molar-refractivity contribution in [3.63, 3.8) is 0 Å². The van der Waals surface area contributed by atoms with E-state index < -0.39 is 10.0 Å². The normalized spacial score (nSPS) is 11.3. The number of thiazole rings is 1. The number of para-hydroxylation sites is 1. The summed E-state index contributed by atoms with van der Waals surface area (Å²) >= 11 is 1.56. The Hall–Kier alpha value is -2.65. The fourth-order valence-electron chi connectivity index (χ4n) is 2.33. The Morgan fingerprint density at radius 2 is 1.92 bits per heavy atom. The Labute approximate surface area is 155 Å². The molecule has 0 unspecified atom stereocenters. The van der Waals surface area contributed by atoms with Crippen molar-refractivity contribution in [2.24, 2.45) is 0 Å². The lowest BCUT2D eigenvalue weighted by Crippen LogP contribution is -2.28. The van der Waals surface area contributed by atoms with Gasteiger partial charge in [-0.1, -0.05) is 29.5 Å². The van der Waals surface area contributed by atoms with Gasteiger partial charge in [-0.05, 0) is 30.3 Å². The van der Waals surface area contributed by atoms with E-state index in [1.165, 1.54) is 6.07 Å². The van der Waals surface area contributed by atoms with Gasteiger partial charge in [-0.2, -0.15) is 0 Å². The molecule has 1 aromatic heterocycles. The molecule has 0 radical (unpaired) electrons. The molecule has 26 heavy (non-hydrogen) atoms. The fourth-order valence-corrected chi connectivity index (χ4v) is 3.78. The molecule has 0 aliphatic heterocycles. The fraction of sp³-hybridized carbons (Fsp3) is 0.176. The number of benzene rings is 2. The Morgan fingerprint density at radius 1 is 1.12 bits per heavy atom. The summed E-state index contributed by atoms with van der Waals surface area (Å²) in [6, 6.07) is 14.2. The van der Waals surface area contributed by atoms with E-state index in [4.69, 9.17) is 0 Å². The minimum atomic E-state index is -3.38. The van der Waals surface area contributed by atoms with Crippen LogP contribution in [-0.2, 0) is 10.0 Å². The van der Waals surface area contributed by atoms with Crippen molar-refractivity contribution in [2.75, 3.05) is 29.4 Å². The lowest BCUT2D eigenvalue weighted by atomic mass is 10.2. The van der Waals surface area contributed by atoms with Gasteiger partial charge in [0, 0.05) is 24.3 Å². The van der Waals surface area contributed by atoms with Gasteiger partial charge in [-0.3, -0.25) is 9.52 Å². The van der Waals surface area contributed by atoms with E-state index in [2.05, 4.69) is 20.3 Å². The van der Waals surface area contributed by atoms with E-state index >= 15 is 0 Å². The van der Waals surface area contributed by atoms with Gasteiger partial charge in [0.05, 0.1) is 16.5 Å². The lowest BCUT2D eigenvalue weighted by Gasteiger charge is -2.08. The number of nitrogens with zero attached hydrogens (tertiary/aromatic N) is 1.